The number of fused-ring (bicyclic) bond motifs is 3. The first-order chi connectivity index (χ1) is 29.7. The standard InChI is InChI=1S/C46H55N3O12/c1-4-22-58-46-42(48(45(52)55-5-2)28-30-16-18-40-41(23-30)57-29-56-40)27-38(47-59-6-3)36-24-31(12-7-9-20-50)35(15-8-10-21-51)43(44(36)46)37-26-34(17-19-39(37)61-46)60-33-14-11-13-32(25-33)49(53)54/h4,11,13-14,16-19,23-26,31,35,42-44,50-51H,1,5-10,12,15,20-22,27-29H2,2-3H3. The fourth-order valence-corrected chi connectivity index (χ4v) is 9.40. The number of carbonyl (C=O) groups is 1. The van der Waals surface area contributed by atoms with Gasteiger partial charge < -0.3 is 43.5 Å². The highest BCUT2D eigenvalue weighted by Crippen LogP contribution is 2.62. The Hall–Kier alpha value is -5.64. The first-order valence-corrected chi connectivity index (χ1v) is 21.2. The van der Waals surface area contributed by atoms with E-state index in [4.69, 9.17) is 38.4 Å². The van der Waals surface area contributed by atoms with Gasteiger partial charge in [0.05, 0.1) is 35.8 Å². The third-order valence-electron chi connectivity index (χ3n) is 11.9. The fourth-order valence-electron chi connectivity index (χ4n) is 9.40. The highest BCUT2D eigenvalue weighted by atomic mass is 16.7. The van der Waals surface area contributed by atoms with Crippen LogP contribution in [0.15, 0.2) is 90.1 Å². The van der Waals surface area contributed by atoms with Crippen LogP contribution in [0.1, 0.15) is 75.8 Å². The summed E-state index contributed by atoms with van der Waals surface area (Å²) < 4.78 is 37.7. The molecular formula is C46H55N3O12. The number of allylic oxidation sites excluding steroid dienone is 1. The van der Waals surface area contributed by atoms with Crippen LogP contribution in [-0.2, 0) is 20.9 Å². The van der Waals surface area contributed by atoms with Crippen molar-refractivity contribution in [2.24, 2.45) is 22.9 Å². The maximum Gasteiger partial charge on any atom is 0.410 e. The number of non-ortho nitro benzene ring substituents is 1. The zero-order valence-electron chi connectivity index (χ0n) is 34.7. The second-order valence-corrected chi connectivity index (χ2v) is 15.6. The van der Waals surface area contributed by atoms with Crippen molar-refractivity contribution in [3.05, 3.63) is 106 Å². The minimum atomic E-state index is -1.51. The highest BCUT2D eigenvalue weighted by molar-refractivity contribution is 6.03. The summed E-state index contributed by atoms with van der Waals surface area (Å²) in [6, 6.07) is 16.3. The molecule has 7 rings (SSSR count). The topological polar surface area (TPSA) is 181 Å². The summed E-state index contributed by atoms with van der Waals surface area (Å²) in [5.74, 6) is 0.0690. The molecule has 3 aromatic carbocycles. The number of nitro benzene ring substituents is 1. The van der Waals surface area contributed by atoms with Crippen molar-refractivity contribution in [2.75, 3.05) is 39.8 Å². The maximum atomic E-state index is 14.4. The third kappa shape index (κ3) is 9.19. The van der Waals surface area contributed by atoms with Crippen LogP contribution in [0.3, 0.4) is 0 Å². The molecule has 1 fully saturated rings. The Kier molecular flexibility index (Phi) is 14.1. The van der Waals surface area contributed by atoms with Crippen molar-refractivity contribution < 1.29 is 53.2 Å². The van der Waals surface area contributed by atoms with E-state index < -0.39 is 28.8 Å². The Bertz CT molecular complexity index is 2110. The van der Waals surface area contributed by atoms with Gasteiger partial charge in [-0.15, -0.1) is 6.58 Å². The molecule has 15 heteroatoms. The maximum absolute atomic E-state index is 14.4. The van der Waals surface area contributed by atoms with E-state index in [2.05, 4.69) is 12.7 Å². The first kappa shape index (κ1) is 43.4. The lowest BCUT2D eigenvalue weighted by Gasteiger charge is -2.59. The molecule has 2 N–H and O–H groups in total. The smallest absolute Gasteiger partial charge is 0.410 e. The Morgan fingerprint density at radius 2 is 1.75 bits per heavy atom. The Morgan fingerprint density at radius 1 is 0.984 bits per heavy atom. The number of rotatable bonds is 20. The second kappa shape index (κ2) is 19.8. The number of aliphatic hydroxyl groups is 2. The molecular weight excluding hydrogens is 787 g/mol. The van der Waals surface area contributed by atoms with Gasteiger partial charge in [0.1, 0.15) is 29.9 Å². The molecule has 0 saturated heterocycles. The van der Waals surface area contributed by atoms with Crippen molar-refractivity contribution in [2.45, 2.75) is 83.1 Å². The second-order valence-electron chi connectivity index (χ2n) is 15.6. The van der Waals surface area contributed by atoms with Gasteiger partial charge in [-0.2, -0.15) is 0 Å². The van der Waals surface area contributed by atoms with Crippen LogP contribution in [-0.4, -0.2) is 83.5 Å². The number of nitrogens with zero attached hydrogens (tertiary/aromatic N) is 3. The van der Waals surface area contributed by atoms with E-state index >= 15 is 0 Å². The van der Waals surface area contributed by atoms with E-state index in [1.807, 2.05) is 37.3 Å². The lowest BCUT2D eigenvalue weighted by Crippen LogP contribution is -2.70. The van der Waals surface area contributed by atoms with Crippen molar-refractivity contribution in [1.82, 2.24) is 4.90 Å². The van der Waals surface area contributed by atoms with Crippen LogP contribution in [0, 0.1) is 27.9 Å². The monoisotopic (exact) mass is 841 g/mol. The van der Waals surface area contributed by atoms with Gasteiger partial charge in [0.2, 0.25) is 12.6 Å². The fraction of sp³-hybridized carbons (Fsp3) is 0.478. The molecule has 15 nitrogen and oxygen atoms in total. The van der Waals surface area contributed by atoms with Crippen LogP contribution in [0.25, 0.3) is 0 Å². The van der Waals surface area contributed by atoms with Crippen LogP contribution >= 0.6 is 0 Å². The van der Waals surface area contributed by atoms with Crippen molar-refractivity contribution >= 4 is 17.5 Å². The minimum Gasteiger partial charge on any atom is -0.459 e. The van der Waals surface area contributed by atoms with Gasteiger partial charge in [-0.05, 0) is 98.9 Å². The molecule has 6 unspecified atom stereocenters. The van der Waals surface area contributed by atoms with Gasteiger partial charge >= 0.3 is 6.09 Å². The predicted octanol–water partition coefficient (Wildman–Crippen LogP) is 8.43. The van der Waals surface area contributed by atoms with Crippen molar-refractivity contribution in [3.63, 3.8) is 0 Å². The SMILES string of the molecule is C=CCOC12Oc3ccc(Oc4cccc([N+](=O)[O-])c4)cc3C3C(CCCCO)C(CCCCO)C=C(C(=NOCC)CC1N(Cc1ccc4c(c1)OCO4)C(=O)OCC)C32. The molecule has 3 aromatic rings. The molecule has 1 amide bonds. The number of aliphatic hydroxyl groups excluding tert-OH is 2. The number of nitro groups is 1. The van der Waals surface area contributed by atoms with E-state index in [0.29, 0.717) is 53.9 Å². The molecule has 2 heterocycles. The number of carbonyl (C=O) groups excluding carboxylic acids is 1. The molecule has 61 heavy (non-hydrogen) atoms. The zero-order valence-corrected chi connectivity index (χ0v) is 34.7. The van der Waals surface area contributed by atoms with Crippen LogP contribution < -0.4 is 18.9 Å². The average Bonchev–Trinajstić information content (AvgIpc) is 3.74. The quantitative estimate of drug-likeness (QED) is 0.0481. The summed E-state index contributed by atoms with van der Waals surface area (Å²) in [4.78, 5) is 33.1. The molecule has 0 aromatic heterocycles. The predicted molar refractivity (Wildman–Crippen MR) is 225 cm³/mol. The number of benzene rings is 3. The van der Waals surface area contributed by atoms with Gasteiger partial charge in [-0.1, -0.05) is 42.3 Å². The summed E-state index contributed by atoms with van der Waals surface area (Å²) in [7, 11) is 0. The van der Waals surface area contributed by atoms with E-state index in [-0.39, 0.29) is 69.6 Å². The van der Waals surface area contributed by atoms with Gasteiger partial charge in [0.25, 0.3) is 5.69 Å². The summed E-state index contributed by atoms with van der Waals surface area (Å²) in [6.45, 7) is 8.48. The van der Waals surface area contributed by atoms with E-state index in [1.54, 1.807) is 36.1 Å². The van der Waals surface area contributed by atoms with Gasteiger partial charge in [0.15, 0.2) is 11.5 Å². The normalized spacial score (nSPS) is 23.8. The molecule has 326 valence electrons. The third-order valence-corrected chi connectivity index (χ3v) is 11.9. The first-order valence-electron chi connectivity index (χ1n) is 21.2. The average molecular weight is 842 g/mol. The molecule has 2 aliphatic carbocycles. The number of hydrogen-bond donors (Lipinski definition) is 2. The van der Waals surface area contributed by atoms with Gasteiger partial charge in [-0.3, -0.25) is 15.0 Å². The highest BCUT2D eigenvalue weighted by Gasteiger charge is 2.65. The summed E-state index contributed by atoms with van der Waals surface area (Å²) in [5.41, 5.74) is 3.05. The van der Waals surface area contributed by atoms with E-state index in [1.165, 1.54) is 12.1 Å². The molecule has 2 aliphatic heterocycles. The Balaban J connectivity index is 1.44. The zero-order chi connectivity index (χ0) is 42.9. The Labute approximate surface area is 355 Å². The van der Waals surface area contributed by atoms with E-state index in [9.17, 15) is 25.1 Å². The number of amides is 1. The number of hydrogen-bond acceptors (Lipinski definition) is 13. The van der Waals surface area contributed by atoms with E-state index in [0.717, 1.165) is 42.4 Å². The van der Waals surface area contributed by atoms with Crippen LogP contribution in [0.2, 0.25) is 0 Å². The Morgan fingerprint density at radius 3 is 2.51 bits per heavy atom. The molecule has 0 bridgehead atoms. The number of ether oxygens (including phenoxy) is 6. The van der Waals surface area contributed by atoms with Crippen molar-refractivity contribution in [1.29, 1.82) is 0 Å². The number of oxime groups is 1. The van der Waals surface area contributed by atoms with Gasteiger partial charge in [0, 0.05) is 43.7 Å². The molecule has 6 atom stereocenters. The summed E-state index contributed by atoms with van der Waals surface area (Å²) >= 11 is 0. The van der Waals surface area contributed by atoms with Crippen molar-refractivity contribution in [3.8, 4) is 28.7 Å². The lowest BCUT2D eigenvalue weighted by atomic mass is 9.55. The minimum absolute atomic E-state index is 0.0177. The van der Waals surface area contributed by atoms with Gasteiger partial charge in [-0.25, -0.2) is 4.79 Å². The molecule has 1 saturated carbocycles. The summed E-state index contributed by atoms with van der Waals surface area (Å²) in [5, 5.41) is 36.2. The number of unbranched alkanes of at least 4 members (excludes halogenated alkanes) is 2. The van der Waals surface area contributed by atoms with Crippen LogP contribution in [0.4, 0.5) is 10.5 Å². The molecule has 0 radical (unpaired) electrons. The largest absolute Gasteiger partial charge is 0.459 e. The molecule has 0 spiro atoms. The van der Waals surface area contributed by atoms with Crippen LogP contribution in [0.5, 0.6) is 28.7 Å². The lowest BCUT2D eigenvalue weighted by molar-refractivity contribution is -0.384. The molecule has 4 aliphatic rings. The summed E-state index contributed by atoms with van der Waals surface area (Å²) in [6.07, 6.45) is 7.84.